The number of nitrogens with zero attached hydrogens (tertiary/aromatic N) is 2. The van der Waals surface area contributed by atoms with E-state index in [1.807, 2.05) is 12.5 Å². The van der Waals surface area contributed by atoms with Crippen LogP contribution in [-0.4, -0.2) is 41.7 Å². The lowest BCUT2D eigenvalue weighted by Gasteiger charge is -2.50. The highest BCUT2D eigenvalue weighted by Crippen LogP contribution is 2.53. The summed E-state index contributed by atoms with van der Waals surface area (Å²) in [4.78, 5) is 7.20. The van der Waals surface area contributed by atoms with Gasteiger partial charge >= 0.3 is 0 Å². The number of fused-ring (bicyclic) bond motifs is 3. The zero-order valence-electron chi connectivity index (χ0n) is 16.5. The summed E-state index contributed by atoms with van der Waals surface area (Å²) in [6.07, 6.45) is 12.0. The first kappa shape index (κ1) is 17.0. The number of morpholine rings is 1. The molecular formula is C23H29N3O2. The van der Waals surface area contributed by atoms with Gasteiger partial charge in [0.2, 0.25) is 0 Å². The zero-order valence-corrected chi connectivity index (χ0v) is 16.5. The molecular weight excluding hydrogens is 350 g/mol. The highest BCUT2D eigenvalue weighted by Gasteiger charge is 2.50. The van der Waals surface area contributed by atoms with Crippen LogP contribution >= 0.6 is 0 Å². The molecule has 0 aromatic carbocycles. The van der Waals surface area contributed by atoms with Crippen molar-refractivity contribution < 1.29 is 9.15 Å². The summed E-state index contributed by atoms with van der Waals surface area (Å²) < 4.78 is 11.3. The Morgan fingerprint density at radius 1 is 1.11 bits per heavy atom. The van der Waals surface area contributed by atoms with Gasteiger partial charge in [-0.2, -0.15) is 0 Å². The molecule has 4 fully saturated rings. The van der Waals surface area contributed by atoms with Gasteiger partial charge in [-0.25, -0.2) is 4.98 Å². The van der Waals surface area contributed by atoms with E-state index >= 15 is 0 Å². The molecule has 3 aliphatic carbocycles. The maximum atomic E-state index is 5.87. The molecule has 2 aromatic rings. The average Bonchev–Trinajstić information content (AvgIpc) is 3.33. The first-order valence-corrected chi connectivity index (χ1v) is 10.9. The summed E-state index contributed by atoms with van der Waals surface area (Å²) in [5, 5.41) is 3.87. The second kappa shape index (κ2) is 6.60. The maximum absolute atomic E-state index is 5.87. The Bertz CT molecular complexity index is 864. The lowest BCUT2D eigenvalue weighted by molar-refractivity contribution is 0.0313. The van der Waals surface area contributed by atoms with Gasteiger partial charge in [-0.3, -0.25) is 4.90 Å². The monoisotopic (exact) mass is 379 g/mol. The van der Waals surface area contributed by atoms with Gasteiger partial charge in [-0.1, -0.05) is 12.8 Å². The first-order chi connectivity index (χ1) is 13.8. The molecule has 0 unspecified atom stereocenters. The predicted octanol–water partition coefficient (Wildman–Crippen LogP) is 4.09. The van der Waals surface area contributed by atoms with Gasteiger partial charge < -0.3 is 14.5 Å². The van der Waals surface area contributed by atoms with Crippen molar-refractivity contribution in [3.8, 4) is 11.1 Å². The fourth-order valence-corrected chi connectivity index (χ4v) is 6.10. The Balaban J connectivity index is 1.21. The molecule has 28 heavy (non-hydrogen) atoms. The van der Waals surface area contributed by atoms with Crippen LogP contribution in [0.15, 0.2) is 29.0 Å². The van der Waals surface area contributed by atoms with E-state index in [9.17, 15) is 0 Å². The van der Waals surface area contributed by atoms with Crippen LogP contribution in [0, 0.1) is 11.8 Å². The van der Waals surface area contributed by atoms with Crippen molar-refractivity contribution in [3.05, 3.63) is 35.9 Å². The van der Waals surface area contributed by atoms with Gasteiger partial charge in [0.15, 0.2) is 0 Å². The highest BCUT2D eigenvalue weighted by molar-refractivity contribution is 5.67. The third-order valence-electron chi connectivity index (χ3n) is 7.59. The molecule has 0 radical (unpaired) electrons. The van der Waals surface area contributed by atoms with E-state index in [-0.39, 0.29) is 5.54 Å². The standard InChI is InChI=1S/C23H29N3O2/c1-3-20-4-2-16(1)11-23(20)12-17-9-18(13-24-22(17)25-23)19-10-21(28-15-19)14-26-5-7-27-8-6-26/h9-10,13,15-16,20H,1-8,11-12,14H2,(H,24,25)/t16?,20?,23-/m1/s1. The number of hydrogen-bond donors (Lipinski definition) is 1. The van der Waals surface area contributed by atoms with Gasteiger partial charge in [-0.15, -0.1) is 0 Å². The van der Waals surface area contributed by atoms with Gasteiger partial charge in [0.05, 0.1) is 26.0 Å². The van der Waals surface area contributed by atoms with Crippen molar-refractivity contribution in [2.24, 2.45) is 11.8 Å². The van der Waals surface area contributed by atoms with Crippen molar-refractivity contribution in [2.45, 2.75) is 50.6 Å². The van der Waals surface area contributed by atoms with Crippen LogP contribution in [0.5, 0.6) is 0 Å². The Morgan fingerprint density at radius 2 is 1.96 bits per heavy atom. The van der Waals surface area contributed by atoms with E-state index in [2.05, 4.69) is 22.3 Å². The molecule has 5 nitrogen and oxygen atoms in total. The quantitative estimate of drug-likeness (QED) is 0.870. The maximum Gasteiger partial charge on any atom is 0.129 e. The lowest BCUT2D eigenvalue weighted by atomic mass is 9.59. The van der Waals surface area contributed by atoms with Gasteiger partial charge in [-0.05, 0) is 55.2 Å². The molecule has 4 heterocycles. The molecule has 1 spiro atoms. The van der Waals surface area contributed by atoms with Crippen LogP contribution in [0.4, 0.5) is 5.82 Å². The summed E-state index contributed by atoms with van der Waals surface area (Å²) in [6, 6.07) is 4.52. The molecule has 1 saturated heterocycles. The molecule has 2 aliphatic heterocycles. The van der Waals surface area contributed by atoms with Crippen LogP contribution in [0.25, 0.3) is 11.1 Å². The van der Waals surface area contributed by atoms with E-state index in [4.69, 9.17) is 14.1 Å². The number of hydrogen-bond acceptors (Lipinski definition) is 5. The van der Waals surface area contributed by atoms with Gasteiger partial charge in [0, 0.05) is 36.0 Å². The third kappa shape index (κ3) is 2.87. The molecule has 5 heteroatoms. The largest absolute Gasteiger partial charge is 0.467 e. The SMILES string of the molecule is c1nc2c(cc1-c1coc(CN3CCOCC3)c1)C[C@@]1(CC3CCC1CC3)N2. The molecule has 1 atom stereocenters. The third-order valence-corrected chi connectivity index (χ3v) is 7.59. The smallest absolute Gasteiger partial charge is 0.129 e. The van der Waals surface area contributed by atoms with Crippen LogP contribution in [0.1, 0.15) is 43.4 Å². The molecule has 2 aromatic heterocycles. The van der Waals surface area contributed by atoms with E-state index in [0.717, 1.165) is 68.2 Å². The fraction of sp³-hybridized carbons (Fsp3) is 0.609. The number of pyridine rings is 1. The molecule has 5 aliphatic rings. The second-order valence-corrected chi connectivity index (χ2v) is 9.30. The Morgan fingerprint density at radius 3 is 2.75 bits per heavy atom. The van der Waals surface area contributed by atoms with E-state index in [0.29, 0.717) is 0 Å². The topological polar surface area (TPSA) is 50.5 Å². The van der Waals surface area contributed by atoms with Crippen molar-refractivity contribution in [2.75, 3.05) is 31.6 Å². The number of furan rings is 1. The summed E-state index contributed by atoms with van der Waals surface area (Å²) >= 11 is 0. The normalized spacial score (nSPS) is 31.9. The summed E-state index contributed by atoms with van der Waals surface area (Å²) in [7, 11) is 0. The van der Waals surface area contributed by atoms with Crippen molar-refractivity contribution in [1.29, 1.82) is 0 Å². The lowest BCUT2D eigenvalue weighted by Crippen LogP contribution is -2.52. The van der Waals surface area contributed by atoms with E-state index in [1.165, 1.54) is 43.2 Å². The molecule has 3 saturated carbocycles. The van der Waals surface area contributed by atoms with Gasteiger partial charge in [0.25, 0.3) is 0 Å². The minimum atomic E-state index is 0.285. The number of nitrogens with one attached hydrogen (secondary N) is 1. The Hall–Kier alpha value is -1.85. The Labute approximate surface area is 166 Å². The number of aromatic nitrogens is 1. The fourth-order valence-electron chi connectivity index (χ4n) is 6.10. The first-order valence-electron chi connectivity index (χ1n) is 10.9. The van der Waals surface area contributed by atoms with Gasteiger partial charge in [0.1, 0.15) is 11.6 Å². The average molecular weight is 380 g/mol. The van der Waals surface area contributed by atoms with Crippen molar-refractivity contribution >= 4 is 5.82 Å². The second-order valence-electron chi connectivity index (χ2n) is 9.30. The molecule has 1 N–H and O–H groups in total. The number of rotatable bonds is 3. The summed E-state index contributed by atoms with van der Waals surface area (Å²) in [6.45, 7) is 4.45. The predicted molar refractivity (Wildman–Crippen MR) is 108 cm³/mol. The Kier molecular flexibility index (Phi) is 4.02. The molecule has 0 amide bonds. The van der Waals surface area contributed by atoms with E-state index < -0.39 is 0 Å². The number of anilines is 1. The van der Waals surface area contributed by atoms with Crippen LogP contribution in [0.2, 0.25) is 0 Å². The van der Waals surface area contributed by atoms with E-state index in [1.54, 1.807) is 0 Å². The van der Waals surface area contributed by atoms with Crippen molar-refractivity contribution in [1.82, 2.24) is 9.88 Å². The minimum Gasteiger partial charge on any atom is -0.467 e. The van der Waals surface area contributed by atoms with Crippen LogP contribution in [0.3, 0.4) is 0 Å². The highest BCUT2D eigenvalue weighted by atomic mass is 16.5. The van der Waals surface area contributed by atoms with Crippen LogP contribution < -0.4 is 5.32 Å². The number of ether oxygens (including phenoxy) is 1. The zero-order chi connectivity index (χ0) is 18.6. The molecule has 2 bridgehead atoms. The van der Waals surface area contributed by atoms with Crippen molar-refractivity contribution in [3.63, 3.8) is 0 Å². The summed E-state index contributed by atoms with van der Waals surface area (Å²) in [5.74, 6) is 3.89. The summed E-state index contributed by atoms with van der Waals surface area (Å²) in [5.41, 5.74) is 3.99. The molecule has 7 rings (SSSR count). The molecule has 148 valence electrons. The van der Waals surface area contributed by atoms with Crippen LogP contribution in [-0.2, 0) is 17.7 Å². The minimum absolute atomic E-state index is 0.285.